The van der Waals surface area contributed by atoms with Gasteiger partial charge in [-0.15, -0.1) is 13.1 Å². The summed E-state index contributed by atoms with van der Waals surface area (Å²) in [5.74, 6) is 0. The third-order valence-corrected chi connectivity index (χ3v) is 1.90. The van der Waals surface area contributed by atoms with Crippen LogP contribution in [0.1, 0.15) is 38.5 Å². The molecule has 0 unspecified atom stereocenters. The molecule has 23 heavy (non-hydrogen) atoms. The summed E-state index contributed by atoms with van der Waals surface area (Å²) in [4.78, 5) is 0. The van der Waals surface area contributed by atoms with Crippen molar-refractivity contribution in [3.05, 3.63) is 24.5 Å². The van der Waals surface area contributed by atoms with Crippen LogP contribution in [-0.4, -0.2) is 74.0 Å². The zero-order valence-electron chi connectivity index (χ0n) is 15.1. The molecule has 0 atom stereocenters. The second kappa shape index (κ2) is 49.5. The van der Waals surface area contributed by atoms with Crippen molar-refractivity contribution < 1.29 is 42.1 Å². The molecule has 0 spiro atoms. The molecule has 0 radical (unpaired) electrons. The first-order chi connectivity index (χ1) is 10.7. The number of rotatable bonds is 10. The van der Waals surface area contributed by atoms with Crippen LogP contribution in [0.15, 0.2) is 0 Å². The Morgan fingerprint density at radius 1 is 0.609 bits per heavy atom. The molecule has 0 heterocycles. The van der Waals surface area contributed by atoms with E-state index in [9.17, 15) is 0 Å². The minimum absolute atomic E-state index is 0. The van der Waals surface area contributed by atoms with E-state index < -0.39 is 0 Å². The van der Waals surface area contributed by atoms with Gasteiger partial charge in [0.05, 0.1) is 0 Å². The van der Waals surface area contributed by atoms with Crippen molar-refractivity contribution in [3.8, 4) is 0 Å². The summed E-state index contributed by atoms with van der Waals surface area (Å²) in [5, 5.41) is 39.9. The van der Waals surface area contributed by atoms with Gasteiger partial charge in [0.15, 0.2) is 0 Å². The number of hydrogen-bond acceptors (Lipinski definition) is 4. The first kappa shape index (κ1) is 34.7. The summed E-state index contributed by atoms with van der Waals surface area (Å²) in [5.41, 5.74) is 0. The standard InChI is InChI=1S/2C4H10NO.2C4H9O.Ti/c2*1-5-3-2-4-6;2*1-2-3-4-5;/h2*6H,2-4H2,1H3;2*5H,1-4H2;/q4*-1;+4. The number of unbranched alkanes of at least 4 members (excludes halogenated alkanes) is 2. The molecule has 0 aliphatic rings. The second-order valence-corrected chi connectivity index (χ2v) is 4.10. The third-order valence-electron chi connectivity index (χ3n) is 1.90. The van der Waals surface area contributed by atoms with Crippen LogP contribution in [0.5, 0.6) is 0 Å². The average molecular weight is 370 g/mol. The maximum atomic E-state index is 8.14. The molecule has 7 heteroatoms. The Balaban J connectivity index is -0.0000000620. The fourth-order valence-corrected chi connectivity index (χ4v) is 0.681. The quantitative estimate of drug-likeness (QED) is 0.268. The van der Waals surface area contributed by atoms with E-state index in [0.717, 1.165) is 51.6 Å². The monoisotopic (exact) mass is 370 g/mol. The van der Waals surface area contributed by atoms with E-state index in [4.69, 9.17) is 20.4 Å². The minimum Gasteiger partial charge on any atom is -0.665 e. The minimum atomic E-state index is 0. The van der Waals surface area contributed by atoms with Crippen LogP contribution in [0.2, 0.25) is 0 Å². The fourth-order valence-electron chi connectivity index (χ4n) is 0.681. The van der Waals surface area contributed by atoms with Crippen LogP contribution in [0, 0.1) is 13.8 Å². The number of nitrogens with zero attached hydrogens (tertiary/aromatic N) is 2. The van der Waals surface area contributed by atoms with Crippen LogP contribution in [0.25, 0.3) is 10.6 Å². The van der Waals surface area contributed by atoms with E-state index in [2.05, 4.69) is 24.5 Å². The van der Waals surface area contributed by atoms with Gasteiger partial charge >= 0.3 is 21.7 Å². The summed E-state index contributed by atoms with van der Waals surface area (Å²) < 4.78 is 0. The molecule has 0 bridgehead atoms. The molecule has 0 aromatic carbocycles. The van der Waals surface area contributed by atoms with Gasteiger partial charge < -0.3 is 44.9 Å². The molecule has 4 N–H and O–H groups in total. The Kier molecular flexibility index (Phi) is 74.7. The van der Waals surface area contributed by atoms with Crippen LogP contribution in [0.4, 0.5) is 0 Å². The normalized spacial score (nSPS) is 8.35. The van der Waals surface area contributed by atoms with Crippen molar-refractivity contribution in [1.29, 1.82) is 0 Å². The van der Waals surface area contributed by atoms with Gasteiger partial charge in [-0.3, -0.25) is 0 Å². The molecule has 0 rings (SSSR count). The first-order valence-electron chi connectivity index (χ1n) is 7.79. The van der Waals surface area contributed by atoms with Crippen LogP contribution in [0.3, 0.4) is 0 Å². The molecule has 0 aromatic heterocycles. The van der Waals surface area contributed by atoms with Crippen LogP contribution >= 0.6 is 0 Å². The predicted molar refractivity (Wildman–Crippen MR) is 95.1 cm³/mol. The van der Waals surface area contributed by atoms with E-state index in [1.165, 1.54) is 0 Å². The maximum absolute atomic E-state index is 8.14. The summed E-state index contributed by atoms with van der Waals surface area (Å²) in [6, 6.07) is 0. The molecule has 140 valence electrons. The van der Waals surface area contributed by atoms with Gasteiger partial charge in [-0.2, -0.15) is 26.9 Å². The molecule has 0 amide bonds. The van der Waals surface area contributed by atoms with Crippen LogP contribution < -0.4 is 0 Å². The third kappa shape index (κ3) is 85.9. The van der Waals surface area contributed by atoms with Gasteiger partial charge in [-0.1, -0.05) is 12.8 Å². The van der Waals surface area contributed by atoms with Crippen molar-refractivity contribution in [3.63, 3.8) is 0 Å². The Labute approximate surface area is 159 Å². The van der Waals surface area contributed by atoms with Gasteiger partial charge in [-0.05, 0) is 12.8 Å². The van der Waals surface area contributed by atoms with Crippen molar-refractivity contribution in [2.75, 3.05) is 53.6 Å². The van der Waals surface area contributed by atoms with E-state index in [1.807, 2.05) is 0 Å². The zero-order valence-corrected chi connectivity index (χ0v) is 16.6. The largest absolute Gasteiger partial charge is 4.00 e. The van der Waals surface area contributed by atoms with Gasteiger partial charge in [0.25, 0.3) is 0 Å². The smallest absolute Gasteiger partial charge is 0.665 e. The van der Waals surface area contributed by atoms with Gasteiger partial charge in [0.1, 0.15) is 0 Å². The van der Waals surface area contributed by atoms with E-state index in [-0.39, 0.29) is 48.1 Å². The van der Waals surface area contributed by atoms with Crippen molar-refractivity contribution in [2.24, 2.45) is 0 Å². The Bertz CT molecular complexity index is 111. The fraction of sp³-hybridized carbons (Fsp3) is 0.875. The van der Waals surface area contributed by atoms with E-state index >= 15 is 0 Å². The van der Waals surface area contributed by atoms with E-state index in [0.29, 0.717) is 0 Å². The molecule has 0 aliphatic heterocycles. The molecule has 0 saturated heterocycles. The summed E-state index contributed by atoms with van der Waals surface area (Å²) in [6.07, 6.45) is 4.96. The number of aliphatic hydroxyl groups excluding tert-OH is 4. The maximum Gasteiger partial charge on any atom is 4.00 e. The molecular formula is C16H38N2O4Ti. The van der Waals surface area contributed by atoms with Crippen molar-refractivity contribution in [2.45, 2.75) is 38.5 Å². The second-order valence-electron chi connectivity index (χ2n) is 4.10. The molecule has 6 nitrogen and oxygen atoms in total. The topological polar surface area (TPSA) is 109 Å². The average Bonchev–Trinajstić information content (AvgIpc) is 2.54. The Morgan fingerprint density at radius 2 is 0.870 bits per heavy atom. The number of hydrogen-bond donors (Lipinski definition) is 4. The SMILES string of the molecule is C[N-]CCCO.C[N-]CCCO.[CH2-]CCCO.[CH2-]CCCO.[Ti+4]. The van der Waals surface area contributed by atoms with Crippen LogP contribution in [-0.2, 0) is 21.7 Å². The predicted octanol–water partition coefficient (Wildman–Crippen LogP) is 1.93. The summed E-state index contributed by atoms with van der Waals surface area (Å²) >= 11 is 0. The number of aliphatic hydroxyl groups is 4. The summed E-state index contributed by atoms with van der Waals surface area (Å²) in [6.45, 7) is 9.69. The molecule has 0 fully saturated rings. The molecule has 0 saturated carbocycles. The Hall–Kier alpha value is 0.474. The first-order valence-corrected chi connectivity index (χ1v) is 7.79. The summed E-state index contributed by atoms with van der Waals surface area (Å²) in [7, 11) is 3.49. The Morgan fingerprint density at radius 3 is 0.913 bits per heavy atom. The molecule has 0 aliphatic carbocycles. The van der Waals surface area contributed by atoms with Gasteiger partial charge in [-0.25, -0.2) is 0 Å². The van der Waals surface area contributed by atoms with Gasteiger partial charge in [0, 0.05) is 26.4 Å². The van der Waals surface area contributed by atoms with Gasteiger partial charge in [0.2, 0.25) is 0 Å². The van der Waals surface area contributed by atoms with E-state index in [1.54, 1.807) is 14.1 Å². The molecular weight excluding hydrogens is 332 g/mol. The molecule has 0 aromatic rings. The van der Waals surface area contributed by atoms with Crippen molar-refractivity contribution in [1.82, 2.24) is 0 Å². The van der Waals surface area contributed by atoms with Crippen molar-refractivity contribution >= 4 is 0 Å². The zero-order chi connectivity index (χ0) is 17.9.